The van der Waals surface area contributed by atoms with Crippen molar-refractivity contribution in [1.82, 2.24) is 15.5 Å². The number of carbonyl (C=O) groups is 7. The molecule has 1 aliphatic rings. The summed E-state index contributed by atoms with van der Waals surface area (Å²) in [6, 6.07) is -0.671. The second-order valence-corrected chi connectivity index (χ2v) is 20.4. The number of aliphatic carboxylic acids is 1. The summed E-state index contributed by atoms with van der Waals surface area (Å²) in [6.07, 6.45) is 8.80. The topological polar surface area (TPSA) is 167 Å². The molecule has 1 heterocycles. The first-order valence-electron chi connectivity index (χ1n) is 19.5. The third kappa shape index (κ3) is 24.4. The fourth-order valence-corrected chi connectivity index (χ4v) is 6.76. The van der Waals surface area contributed by atoms with Crippen LogP contribution in [0.3, 0.4) is 0 Å². The van der Waals surface area contributed by atoms with Gasteiger partial charge in [0.25, 0.3) is 0 Å². The van der Waals surface area contributed by atoms with Crippen molar-refractivity contribution in [3.63, 3.8) is 0 Å². The predicted molar refractivity (Wildman–Crippen MR) is 214 cm³/mol. The molecule has 1 fully saturated rings. The molecule has 0 radical (unpaired) electrons. The van der Waals surface area contributed by atoms with Crippen LogP contribution < -0.4 is 10.6 Å². The van der Waals surface area contributed by atoms with Crippen molar-refractivity contribution in [2.45, 2.75) is 195 Å². The van der Waals surface area contributed by atoms with Crippen molar-refractivity contribution in [3.05, 3.63) is 0 Å². The first kappa shape index (κ1) is 50.4. The van der Waals surface area contributed by atoms with Gasteiger partial charge < -0.3 is 10.4 Å². The molecule has 0 aromatic heterocycles. The van der Waals surface area contributed by atoms with E-state index in [2.05, 4.69) is 10.6 Å². The maximum atomic E-state index is 12.4. The number of amides is 3. The molecule has 1 rings (SSSR count). The summed E-state index contributed by atoms with van der Waals surface area (Å²) in [5, 5.41) is 14.7. The predicted octanol–water partition coefficient (Wildman–Crippen LogP) is 7.46. The molecule has 53 heavy (non-hydrogen) atoms. The lowest BCUT2D eigenvalue weighted by molar-refractivity contribution is -0.141. The zero-order chi connectivity index (χ0) is 41.2. The van der Waals surface area contributed by atoms with E-state index in [4.69, 9.17) is 0 Å². The van der Waals surface area contributed by atoms with Gasteiger partial charge in [-0.1, -0.05) is 81.6 Å². The molecule has 0 spiro atoms. The van der Waals surface area contributed by atoms with Gasteiger partial charge in [0, 0.05) is 72.7 Å². The summed E-state index contributed by atoms with van der Waals surface area (Å²) in [6.45, 7) is 23.9. The first-order valence-corrected chi connectivity index (χ1v) is 20.4. The fraction of sp³-hybridized carbons (Fsp3) is 0.829. The molecular formula is C41H73N3O8S. The SMILES string of the molecule is CC(C)(C)N[C@@H](CCNC(=O)CCCCCCC(=O)C(C)(C)C)C(=O)O.CC(C)(C)SC1CC(=O)N(CCC(=O)CCCCCC(=O)C(C)(C)C)C1=O. The lowest BCUT2D eigenvalue weighted by Crippen LogP contribution is -2.49. The standard InChI is InChI=1S/C21H35NO4S.C20H38N2O4/c1-20(2,3)17(24)11-9-7-8-10-15(23)12-13-22-18(25)14-16(19(22)26)27-21(4,5)6;1-19(2,3)16(23)11-9-7-8-10-12-17(24)21-14-13-15(18(25)26)22-20(4,5)6/h16H,7-14H2,1-6H3;15,22H,7-14H2,1-6H3,(H,21,24)(H,25,26)/t;15-/m.0/s1. The molecule has 12 heteroatoms. The Balaban J connectivity index is 0.00000102. The van der Waals surface area contributed by atoms with Gasteiger partial charge in [0.1, 0.15) is 23.4 Å². The highest BCUT2D eigenvalue weighted by atomic mass is 32.2. The van der Waals surface area contributed by atoms with E-state index in [-0.39, 0.29) is 80.8 Å². The molecule has 0 bridgehead atoms. The molecule has 1 saturated heterocycles. The van der Waals surface area contributed by atoms with Gasteiger partial charge in [0.2, 0.25) is 17.7 Å². The molecular weight excluding hydrogens is 695 g/mol. The summed E-state index contributed by atoms with van der Waals surface area (Å²) in [5.41, 5.74) is -0.856. The average molecular weight is 768 g/mol. The number of rotatable bonds is 22. The zero-order valence-corrected chi connectivity index (χ0v) is 35.9. The Bertz CT molecular complexity index is 1220. The fourth-order valence-electron chi connectivity index (χ4n) is 5.45. The van der Waals surface area contributed by atoms with Crippen molar-refractivity contribution < 1.29 is 38.7 Å². The lowest BCUT2D eigenvalue weighted by atomic mass is 9.88. The Kier molecular flexibility index (Phi) is 22.2. The van der Waals surface area contributed by atoms with Crippen molar-refractivity contribution in [3.8, 4) is 0 Å². The van der Waals surface area contributed by atoms with Gasteiger partial charge in [-0.25, -0.2) is 0 Å². The Hall–Kier alpha value is -2.60. The molecule has 2 atom stereocenters. The number of nitrogens with one attached hydrogen (secondary N) is 2. The monoisotopic (exact) mass is 768 g/mol. The van der Waals surface area contributed by atoms with Gasteiger partial charge in [-0.05, 0) is 52.9 Å². The number of carboxylic acid groups (broad SMARTS) is 1. The van der Waals surface area contributed by atoms with E-state index in [0.717, 1.165) is 44.9 Å². The quantitative estimate of drug-likeness (QED) is 0.0743. The summed E-state index contributed by atoms with van der Waals surface area (Å²) in [5.74, 6) is -0.669. The molecule has 11 nitrogen and oxygen atoms in total. The van der Waals surface area contributed by atoms with Crippen LogP contribution >= 0.6 is 11.8 Å². The minimum absolute atomic E-state index is 0.0457. The maximum absolute atomic E-state index is 12.4. The highest BCUT2D eigenvalue weighted by molar-refractivity contribution is 8.01. The van der Waals surface area contributed by atoms with Crippen LogP contribution in [0.25, 0.3) is 0 Å². The highest BCUT2D eigenvalue weighted by Crippen LogP contribution is 2.34. The number of carbonyl (C=O) groups excluding carboxylic acids is 6. The Labute approximate surface area is 324 Å². The number of Topliss-reactive ketones (excluding diaryl/α,β-unsaturated/α-hetero) is 3. The molecule has 3 N–H and O–H groups in total. The Morgan fingerprint density at radius 2 is 1.19 bits per heavy atom. The van der Waals surface area contributed by atoms with E-state index in [9.17, 15) is 38.7 Å². The van der Waals surface area contributed by atoms with Gasteiger partial charge in [0.05, 0.1) is 5.25 Å². The number of imide groups is 1. The summed E-state index contributed by atoms with van der Waals surface area (Å²) in [4.78, 5) is 84.5. The molecule has 3 amide bonds. The lowest BCUT2D eigenvalue weighted by Gasteiger charge is -2.26. The number of thioether (sulfide) groups is 1. The summed E-state index contributed by atoms with van der Waals surface area (Å²) in [7, 11) is 0. The average Bonchev–Trinajstić information content (AvgIpc) is 3.25. The molecule has 0 aromatic rings. The maximum Gasteiger partial charge on any atom is 0.320 e. The minimum atomic E-state index is -0.904. The van der Waals surface area contributed by atoms with Gasteiger partial charge in [0.15, 0.2) is 0 Å². The van der Waals surface area contributed by atoms with Crippen LogP contribution in [0.15, 0.2) is 0 Å². The van der Waals surface area contributed by atoms with E-state index in [1.54, 1.807) is 0 Å². The molecule has 1 aliphatic heterocycles. The number of nitrogens with zero attached hydrogens (tertiary/aromatic N) is 1. The van der Waals surface area contributed by atoms with Crippen molar-refractivity contribution in [2.75, 3.05) is 13.1 Å². The van der Waals surface area contributed by atoms with E-state index in [1.807, 2.05) is 83.1 Å². The van der Waals surface area contributed by atoms with Gasteiger partial charge >= 0.3 is 5.97 Å². The second-order valence-electron chi connectivity index (χ2n) is 18.3. The van der Waals surface area contributed by atoms with E-state index >= 15 is 0 Å². The Morgan fingerprint density at radius 3 is 1.64 bits per heavy atom. The van der Waals surface area contributed by atoms with E-state index in [1.165, 1.54) is 16.7 Å². The van der Waals surface area contributed by atoms with Crippen molar-refractivity contribution in [2.24, 2.45) is 10.8 Å². The van der Waals surface area contributed by atoms with Gasteiger partial charge in [-0.3, -0.25) is 43.8 Å². The number of hydrogen-bond donors (Lipinski definition) is 3. The molecule has 0 saturated carbocycles. The summed E-state index contributed by atoms with van der Waals surface area (Å²) < 4.78 is -0.0825. The molecule has 1 unspecified atom stereocenters. The van der Waals surface area contributed by atoms with Crippen LogP contribution in [0, 0.1) is 10.8 Å². The van der Waals surface area contributed by atoms with Gasteiger partial charge in [-0.15, -0.1) is 11.8 Å². The molecule has 0 aliphatic carbocycles. The van der Waals surface area contributed by atoms with Crippen LogP contribution in [0.2, 0.25) is 0 Å². The molecule has 0 aromatic carbocycles. The van der Waals surface area contributed by atoms with Crippen LogP contribution in [-0.4, -0.2) is 85.7 Å². The number of hydrogen-bond acceptors (Lipinski definition) is 9. The van der Waals surface area contributed by atoms with Crippen molar-refractivity contribution >= 4 is 52.8 Å². The zero-order valence-electron chi connectivity index (χ0n) is 35.1. The molecule has 306 valence electrons. The van der Waals surface area contributed by atoms with Crippen LogP contribution in [0.5, 0.6) is 0 Å². The summed E-state index contributed by atoms with van der Waals surface area (Å²) >= 11 is 1.51. The third-order valence-electron chi connectivity index (χ3n) is 8.56. The third-order valence-corrected chi connectivity index (χ3v) is 9.92. The number of carboxylic acids is 1. The van der Waals surface area contributed by atoms with Gasteiger partial charge in [-0.2, -0.15) is 0 Å². The smallest absolute Gasteiger partial charge is 0.320 e. The number of unbranched alkanes of at least 4 members (excludes halogenated alkanes) is 5. The number of likely N-dealkylation sites (tertiary alicyclic amines) is 1. The van der Waals surface area contributed by atoms with E-state index in [0.29, 0.717) is 38.6 Å². The van der Waals surface area contributed by atoms with Crippen LogP contribution in [0.4, 0.5) is 0 Å². The minimum Gasteiger partial charge on any atom is -0.480 e. The van der Waals surface area contributed by atoms with Crippen LogP contribution in [-0.2, 0) is 33.6 Å². The Morgan fingerprint density at radius 1 is 0.717 bits per heavy atom. The van der Waals surface area contributed by atoms with Crippen LogP contribution in [0.1, 0.15) is 173 Å². The normalized spacial score (nSPS) is 15.8. The van der Waals surface area contributed by atoms with E-state index < -0.39 is 12.0 Å². The highest BCUT2D eigenvalue weighted by Gasteiger charge is 2.40. The first-order chi connectivity index (χ1) is 24.1. The largest absolute Gasteiger partial charge is 0.480 e. The second kappa shape index (κ2) is 23.3. The number of ketones is 3. The van der Waals surface area contributed by atoms with Crippen molar-refractivity contribution in [1.29, 1.82) is 0 Å².